The van der Waals surface area contributed by atoms with Crippen LogP contribution in [0.2, 0.25) is 0 Å². The molecule has 1 heterocycles. The van der Waals surface area contributed by atoms with Crippen molar-refractivity contribution >= 4 is 17.7 Å². The second-order valence-corrected chi connectivity index (χ2v) is 7.74. The lowest BCUT2D eigenvalue weighted by Crippen LogP contribution is -2.47. The molecule has 1 aliphatic rings. The van der Waals surface area contributed by atoms with Crippen molar-refractivity contribution < 1.29 is 4.79 Å². The van der Waals surface area contributed by atoms with Crippen LogP contribution in [0.5, 0.6) is 0 Å². The average Bonchev–Trinajstić information content (AvgIpc) is 2.64. The second kappa shape index (κ2) is 10.8. The number of nitrogens with zero attached hydrogens (tertiary/aromatic N) is 2. The first-order valence-electron chi connectivity index (χ1n) is 9.11. The summed E-state index contributed by atoms with van der Waals surface area (Å²) in [5, 5.41) is 2.98. The van der Waals surface area contributed by atoms with Crippen LogP contribution in [0.4, 0.5) is 0 Å². The van der Waals surface area contributed by atoms with E-state index in [1.807, 2.05) is 6.26 Å². The number of rotatable bonds is 9. The van der Waals surface area contributed by atoms with Crippen LogP contribution in [0.1, 0.15) is 24.4 Å². The summed E-state index contributed by atoms with van der Waals surface area (Å²) in [7, 11) is 2.18. The first kappa shape index (κ1) is 20.2. The molecule has 1 aromatic rings. The molecule has 6 heteroatoms. The maximum Gasteiger partial charge on any atom is 0.236 e. The normalized spacial score (nSPS) is 20.4. The number of benzene rings is 1. The molecule has 1 aliphatic heterocycles. The van der Waals surface area contributed by atoms with Gasteiger partial charge in [-0.2, -0.15) is 11.8 Å². The molecule has 1 aromatic carbocycles. The van der Waals surface area contributed by atoms with Gasteiger partial charge in [0, 0.05) is 38.8 Å². The van der Waals surface area contributed by atoms with Crippen LogP contribution in [-0.2, 0) is 4.79 Å². The third-order valence-corrected chi connectivity index (χ3v) is 5.41. The number of amides is 1. The fourth-order valence-electron chi connectivity index (χ4n) is 3.22. The van der Waals surface area contributed by atoms with Crippen molar-refractivity contribution in [3.8, 4) is 0 Å². The Morgan fingerprint density at radius 2 is 2.12 bits per heavy atom. The number of nitrogens with one attached hydrogen (secondary N) is 1. The molecule has 1 saturated heterocycles. The van der Waals surface area contributed by atoms with Gasteiger partial charge < -0.3 is 16.0 Å². The van der Waals surface area contributed by atoms with Crippen molar-refractivity contribution in [3.05, 3.63) is 35.9 Å². The summed E-state index contributed by atoms with van der Waals surface area (Å²) >= 11 is 1.72. The minimum Gasteiger partial charge on any atom is -0.355 e. The molecule has 1 amide bonds. The number of likely N-dealkylation sites (N-methyl/N-ethyl adjacent to an activating group) is 1. The van der Waals surface area contributed by atoms with E-state index in [2.05, 4.69) is 52.5 Å². The predicted molar refractivity (Wildman–Crippen MR) is 107 cm³/mol. The summed E-state index contributed by atoms with van der Waals surface area (Å²) in [6.45, 7) is 4.90. The minimum atomic E-state index is -0.381. The van der Waals surface area contributed by atoms with E-state index in [9.17, 15) is 4.79 Å². The van der Waals surface area contributed by atoms with Crippen molar-refractivity contribution in [3.63, 3.8) is 0 Å². The Labute approximate surface area is 156 Å². The molecule has 3 N–H and O–H groups in total. The van der Waals surface area contributed by atoms with E-state index in [4.69, 9.17) is 5.73 Å². The van der Waals surface area contributed by atoms with Crippen LogP contribution in [0.15, 0.2) is 30.3 Å². The van der Waals surface area contributed by atoms with Crippen LogP contribution in [0, 0.1) is 0 Å². The molecule has 1 fully saturated rings. The smallest absolute Gasteiger partial charge is 0.236 e. The van der Waals surface area contributed by atoms with Gasteiger partial charge in [-0.05, 0) is 37.5 Å². The molecule has 25 heavy (non-hydrogen) atoms. The predicted octanol–water partition coefficient (Wildman–Crippen LogP) is 1.56. The molecule has 5 nitrogen and oxygen atoms in total. The van der Waals surface area contributed by atoms with Crippen molar-refractivity contribution in [2.75, 3.05) is 51.8 Å². The molecule has 0 bridgehead atoms. The van der Waals surface area contributed by atoms with Gasteiger partial charge in [0.25, 0.3) is 0 Å². The zero-order valence-corrected chi connectivity index (χ0v) is 16.3. The van der Waals surface area contributed by atoms with Gasteiger partial charge in [0.15, 0.2) is 0 Å². The largest absolute Gasteiger partial charge is 0.355 e. The fourth-order valence-corrected chi connectivity index (χ4v) is 3.71. The lowest BCUT2D eigenvalue weighted by molar-refractivity contribution is -0.122. The van der Waals surface area contributed by atoms with Crippen LogP contribution >= 0.6 is 11.8 Å². The minimum absolute atomic E-state index is 0.0213. The van der Waals surface area contributed by atoms with Gasteiger partial charge in [-0.25, -0.2) is 0 Å². The molecule has 0 aromatic heterocycles. The third-order valence-electron chi connectivity index (χ3n) is 4.77. The molecule has 0 spiro atoms. The highest BCUT2D eigenvalue weighted by molar-refractivity contribution is 7.98. The summed E-state index contributed by atoms with van der Waals surface area (Å²) < 4.78 is 0. The maximum atomic E-state index is 12.0. The Bertz CT molecular complexity index is 513. The maximum absolute atomic E-state index is 12.0. The third kappa shape index (κ3) is 6.62. The lowest BCUT2D eigenvalue weighted by atomic mass is 10.0. The molecule has 2 unspecified atom stereocenters. The van der Waals surface area contributed by atoms with Crippen LogP contribution in [0.25, 0.3) is 0 Å². The number of piperazine rings is 1. The van der Waals surface area contributed by atoms with Crippen molar-refractivity contribution in [1.29, 1.82) is 0 Å². The molecule has 2 atom stereocenters. The fraction of sp³-hybridized carbons (Fsp3) is 0.632. The molecular weight excluding hydrogens is 332 g/mol. The van der Waals surface area contributed by atoms with Crippen molar-refractivity contribution in [2.45, 2.75) is 24.9 Å². The standard InChI is InChI=1S/C19H32N4OS/c1-22-12-13-23(18(15-22)16-7-4-3-5-8-16)11-6-10-21-19(24)17(20)9-14-25-2/h3-5,7-8,17-18H,6,9-15,20H2,1-2H3,(H,21,24). The molecular formula is C19H32N4OS. The van der Waals surface area contributed by atoms with Crippen molar-refractivity contribution in [2.24, 2.45) is 5.73 Å². The number of carbonyl (C=O) groups excluding carboxylic acids is 1. The number of nitrogens with two attached hydrogens (primary N) is 1. The highest BCUT2D eigenvalue weighted by Gasteiger charge is 2.26. The molecule has 2 rings (SSSR count). The molecule has 0 aliphatic carbocycles. The van der Waals surface area contributed by atoms with Gasteiger partial charge in [0.2, 0.25) is 5.91 Å². The Morgan fingerprint density at radius 1 is 1.36 bits per heavy atom. The second-order valence-electron chi connectivity index (χ2n) is 6.76. The monoisotopic (exact) mass is 364 g/mol. The van der Waals surface area contributed by atoms with Crippen LogP contribution < -0.4 is 11.1 Å². The summed E-state index contributed by atoms with van der Waals surface area (Å²) in [5.74, 6) is 0.904. The molecule has 0 radical (unpaired) electrons. The van der Waals surface area contributed by atoms with Crippen LogP contribution in [0.3, 0.4) is 0 Å². The number of carbonyl (C=O) groups is 1. The lowest BCUT2D eigenvalue weighted by Gasteiger charge is -2.40. The van der Waals surface area contributed by atoms with E-state index in [1.54, 1.807) is 11.8 Å². The average molecular weight is 365 g/mol. The Kier molecular flexibility index (Phi) is 8.75. The van der Waals surface area contributed by atoms with Gasteiger partial charge in [-0.1, -0.05) is 30.3 Å². The van der Waals surface area contributed by atoms with Crippen molar-refractivity contribution in [1.82, 2.24) is 15.1 Å². The van der Waals surface area contributed by atoms with Gasteiger partial charge in [0.05, 0.1) is 6.04 Å². The van der Waals surface area contributed by atoms with Gasteiger partial charge in [-0.15, -0.1) is 0 Å². The number of thioether (sulfide) groups is 1. The van der Waals surface area contributed by atoms with E-state index >= 15 is 0 Å². The van der Waals surface area contributed by atoms with Gasteiger partial charge >= 0.3 is 0 Å². The Morgan fingerprint density at radius 3 is 2.84 bits per heavy atom. The summed E-state index contributed by atoms with van der Waals surface area (Å²) in [6.07, 6.45) is 3.72. The van der Waals surface area contributed by atoms with E-state index in [1.165, 1.54) is 5.56 Å². The quantitative estimate of drug-likeness (QED) is 0.651. The first-order chi connectivity index (χ1) is 12.1. The van der Waals surface area contributed by atoms with E-state index in [-0.39, 0.29) is 11.9 Å². The van der Waals surface area contributed by atoms with E-state index in [0.717, 1.165) is 44.8 Å². The van der Waals surface area contributed by atoms with Gasteiger partial charge in [-0.3, -0.25) is 9.69 Å². The summed E-state index contributed by atoms with van der Waals surface area (Å²) in [6, 6.07) is 10.8. The Balaban J connectivity index is 1.77. The van der Waals surface area contributed by atoms with Crippen LogP contribution in [-0.4, -0.2) is 73.5 Å². The summed E-state index contributed by atoms with van der Waals surface area (Å²) in [5.41, 5.74) is 7.27. The zero-order valence-electron chi connectivity index (χ0n) is 15.5. The first-order valence-corrected chi connectivity index (χ1v) is 10.5. The summed E-state index contributed by atoms with van der Waals surface area (Å²) in [4.78, 5) is 16.9. The molecule has 140 valence electrons. The van der Waals surface area contributed by atoms with E-state index in [0.29, 0.717) is 12.6 Å². The highest BCUT2D eigenvalue weighted by Crippen LogP contribution is 2.24. The topological polar surface area (TPSA) is 61.6 Å². The van der Waals surface area contributed by atoms with Gasteiger partial charge in [0.1, 0.15) is 0 Å². The zero-order chi connectivity index (χ0) is 18.1. The number of hydrogen-bond acceptors (Lipinski definition) is 5. The number of hydrogen-bond donors (Lipinski definition) is 2. The molecule has 0 saturated carbocycles. The van der Waals surface area contributed by atoms with E-state index < -0.39 is 0 Å². The SMILES string of the molecule is CSCCC(N)C(=O)NCCCN1CCN(C)CC1c1ccccc1. The highest BCUT2D eigenvalue weighted by atomic mass is 32.2. The Hall–Kier alpha value is -1.08.